The van der Waals surface area contributed by atoms with Gasteiger partial charge >= 0.3 is 18.1 Å². The van der Waals surface area contributed by atoms with Crippen molar-refractivity contribution in [2.45, 2.75) is 154 Å². The fourth-order valence-electron chi connectivity index (χ4n) is 7.87. The van der Waals surface area contributed by atoms with Crippen LogP contribution in [0, 0.1) is 29.1 Å². The lowest BCUT2D eigenvalue weighted by molar-refractivity contribution is -0.304. The van der Waals surface area contributed by atoms with Crippen LogP contribution in [0.4, 0.5) is 4.79 Å². The third-order valence-electron chi connectivity index (χ3n) is 10.6. The van der Waals surface area contributed by atoms with Gasteiger partial charge in [-0.05, 0) is 68.0 Å². The molecule has 0 aromatic carbocycles. The van der Waals surface area contributed by atoms with Crippen molar-refractivity contribution >= 4 is 24.0 Å². The number of nitrogens with one attached hydrogen (secondary N) is 1. The molecule has 290 valence electrons. The molecule has 3 aliphatic heterocycles. The van der Waals surface area contributed by atoms with Crippen molar-refractivity contribution in [2.24, 2.45) is 17.8 Å². The average Bonchev–Trinajstić information content (AvgIpc) is 3.38. The van der Waals surface area contributed by atoms with Gasteiger partial charge in [0.1, 0.15) is 6.10 Å². The molecular weight excluding hydrogens is 666 g/mol. The van der Waals surface area contributed by atoms with Gasteiger partial charge in [0, 0.05) is 25.9 Å². The molecule has 1 N–H and O–H groups in total. The quantitative estimate of drug-likeness (QED) is 0.207. The molecule has 15 heteroatoms. The SMILES string of the molecule is CC[C@H]1OC(=O)[C@H](C)[C@@H](OCCC#N)[C@H](C)[C@@H](O[C@@H]2O[C@H](C)C[C@H](N(C)C)[C@@H]2OC(C)=O)[C@](C)(OC)C[C@@H](C)C(=O)N[C@H](C)[C@H]2OC(=O)O[C@@]21C. The van der Waals surface area contributed by atoms with E-state index in [2.05, 4.69) is 11.4 Å². The second-order valence-electron chi connectivity index (χ2n) is 14.9. The van der Waals surface area contributed by atoms with Crippen LogP contribution in [0.1, 0.15) is 88.0 Å². The number of hydrogen-bond donors (Lipinski definition) is 1. The predicted octanol–water partition coefficient (Wildman–Crippen LogP) is 3.50. The van der Waals surface area contributed by atoms with Crippen molar-refractivity contribution in [3.8, 4) is 6.07 Å². The van der Waals surface area contributed by atoms with Crippen LogP contribution >= 0.6 is 0 Å². The smallest absolute Gasteiger partial charge is 0.458 e. The van der Waals surface area contributed by atoms with Gasteiger partial charge in [-0.15, -0.1) is 0 Å². The van der Waals surface area contributed by atoms with E-state index in [-0.39, 0.29) is 43.9 Å². The van der Waals surface area contributed by atoms with Crippen LogP contribution in [0.15, 0.2) is 0 Å². The maximum absolute atomic E-state index is 14.1. The third kappa shape index (κ3) is 9.70. The van der Waals surface area contributed by atoms with Crippen molar-refractivity contribution in [3.05, 3.63) is 0 Å². The number of carbonyl (C=O) groups is 4. The molecule has 0 radical (unpaired) electrons. The number of hydrogen-bond acceptors (Lipinski definition) is 14. The summed E-state index contributed by atoms with van der Waals surface area (Å²) in [5, 5.41) is 12.3. The molecule has 0 bridgehead atoms. The Morgan fingerprint density at radius 2 is 1.75 bits per heavy atom. The van der Waals surface area contributed by atoms with Gasteiger partial charge in [-0.25, -0.2) is 4.79 Å². The highest BCUT2D eigenvalue weighted by molar-refractivity contribution is 5.79. The molecular formula is C36H59N3O12. The molecule has 3 rings (SSSR count). The third-order valence-corrected chi connectivity index (χ3v) is 10.6. The summed E-state index contributed by atoms with van der Waals surface area (Å²) in [6, 6.07) is 1.10. The minimum absolute atomic E-state index is 0.00799. The number of nitriles is 1. The second kappa shape index (κ2) is 17.7. The fourth-order valence-corrected chi connectivity index (χ4v) is 7.87. The van der Waals surface area contributed by atoms with Crippen LogP contribution in [0.5, 0.6) is 0 Å². The first kappa shape index (κ1) is 42.4. The molecule has 0 unspecified atom stereocenters. The van der Waals surface area contributed by atoms with Crippen molar-refractivity contribution < 1.29 is 57.1 Å². The monoisotopic (exact) mass is 725 g/mol. The standard InChI is InChI=1S/C36H59N3O12/c1-13-26-36(9)30(50-34(43)51-36)23(6)38-31(41)19(2)18-35(8,44-12)29(21(4)27(45-16-14-15-37)22(5)32(42)48-26)49-33-28(47-24(7)40)25(39(10)11)17-20(3)46-33/h19-23,25-30,33H,13-14,16-18H2,1-12H3,(H,38,41)/t19-,20-,21+,22-,23-,25+,26-,27+,28+,29-,30-,33+,35-,36-/m1/s1. The molecule has 3 fully saturated rings. The van der Waals surface area contributed by atoms with E-state index >= 15 is 0 Å². The zero-order valence-electron chi connectivity index (χ0n) is 32.3. The van der Waals surface area contributed by atoms with E-state index in [1.54, 1.807) is 34.6 Å². The minimum Gasteiger partial charge on any atom is -0.458 e. The van der Waals surface area contributed by atoms with Gasteiger partial charge in [0.15, 0.2) is 24.1 Å². The summed E-state index contributed by atoms with van der Waals surface area (Å²) in [7, 11) is 5.29. The molecule has 0 spiro atoms. The summed E-state index contributed by atoms with van der Waals surface area (Å²) in [5.41, 5.74) is -2.64. The molecule has 3 heterocycles. The number of nitrogens with zero attached hydrogens (tertiary/aromatic N) is 2. The fraction of sp³-hybridized carbons (Fsp3) is 0.861. The molecule has 3 aliphatic rings. The molecule has 3 saturated heterocycles. The normalized spacial score (nSPS) is 41.1. The number of amides is 1. The van der Waals surface area contributed by atoms with E-state index in [1.807, 2.05) is 39.8 Å². The van der Waals surface area contributed by atoms with E-state index in [1.165, 1.54) is 14.0 Å². The first-order chi connectivity index (χ1) is 23.8. The molecule has 51 heavy (non-hydrogen) atoms. The lowest BCUT2D eigenvalue weighted by atomic mass is 9.77. The average molecular weight is 726 g/mol. The summed E-state index contributed by atoms with van der Waals surface area (Å²) in [6.07, 6.45) is -5.80. The Morgan fingerprint density at radius 3 is 2.31 bits per heavy atom. The molecule has 14 atom stereocenters. The van der Waals surface area contributed by atoms with Crippen LogP contribution in [0.2, 0.25) is 0 Å². The van der Waals surface area contributed by atoms with Crippen LogP contribution < -0.4 is 5.32 Å². The summed E-state index contributed by atoms with van der Waals surface area (Å²) < 4.78 is 48.9. The first-order valence-electron chi connectivity index (χ1n) is 17.9. The number of rotatable bonds is 9. The number of esters is 2. The summed E-state index contributed by atoms with van der Waals surface area (Å²) in [4.78, 5) is 54.8. The number of ether oxygens (including phenoxy) is 8. The number of fused-ring (bicyclic) bond motifs is 1. The van der Waals surface area contributed by atoms with E-state index in [0.29, 0.717) is 6.42 Å². The van der Waals surface area contributed by atoms with E-state index < -0.39 is 89.9 Å². The highest BCUT2D eigenvalue weighted by atomic mass is 16.8. The number of carbonyl (C=O) groups excluding carboxylic acids is 4. The Labute approximate surface area is 302 Å². The van der Waals surface area contributed by atoms with Crippen LogP contribution in [0.25, 0.3) is 0 Å². The first-order valence-corrected chi connectivity index (χ1v) is 17.9. The lowest BCUT2D eigenvalue weighted by Gasteiger charge is -2.48. The zero-order chi connectivity index (χ0) is 38.4. The largest absolute Gasteiger partial charge is 0.509 e. The second-order valence-corrected chi connectivity index (χ2v) is 14.9. The van der Waals surface area contributed by atoms with Gasteiger partial charge in [-0.2, -0.15) is 5.26 Å². The zero-order valence-corrected chi connectivity index (χ0v) is 32.3. The minimum atomic E-state index is -1.42. The molecule has 0 aromatic heterocycles. The van der Waals surface area contributed by atoms with Gasteiger partial charge in [0.2, 0.25) is 5.91 Å². The van der Waals surface area contributed by atoms with Crippen LogP contribution in [-0.2, 0) is 52.3 Å². The van der Waals surface area contributed by atoms with Crippen molar-refractivity contribution in [2.75, 3.05) is 27.8 Å². The lowest BCUT2D eigenvalue weighted by Crippen LogP contribution is -2.60. The van der Waals surface area contributed by atoms with Crippen LogP contribution in [0.3, 0.4) is 0 Å². The van der Waals surface area contributed by atoms with E-state index in [0.717, 1.165) is 0 Å². The molecule has 1 amide bonds. The Kier molecular flexibility index (Phi) is 14.7. The number of likely N-dealkylation sites (N-methyl/N-ethyl adjacent to an activating group) is 1. The Hall–Kier alpha value is -3.03. The predicted molar refractivity (Wildman–Crippen MR) is 182 cm³/mol. The van der Waals surface area contributed by atoms with E-state index in [4.69, 9.17) is 37.9 Å². The summed E-state index contributed by atoms with van der Waals surface area (Å²) >= 11 is 0. The van der Waals surface area contributed by atoms with Gasteiger partial charge in [-0.3, -0.25) is 14.4 Å². The summed E-state index contributed by atoms with van der Waals surface area (Å²) in [5.74, 6) is -3.73. The molecule has 0 aliphatic carbocycles. The molecule has 0 saturated carbocycles. The molecule has 15 nitrogen and oxygen atoms in total. The van der Waals surface area contributed by atoms with Gasteiger partial charge in [0.05, 0.1) is 61.0 Å². The van der Waals surface area contributed by atoms with E-state index in [9.17, 15) is 24.4 Å². The Morgan fingerprint density at radius 1 is 1.08 bits per heavy atom. The van der Waals surface area contributed by atoms with Gasteiger partial charge in [0.25, 0.3) is 0 Å². The summed E-state index contributed by atoms with van der Waals surface area (Å²) in [6.45, 7) is 15.4. The number of methoxy groups -OCH3 is 1. The highest BCUT2D eigenvalue weighted by Crippen LogP contribution is 2.40. The topological polar surface area (TPSA) is 181 Å². The number of cyclic esters (lactones) is 1. The molecule has 0 aromatic rings. The Bertz CT molecular complexity index is 1280. The van der Waals surface area contributed by atoms with Crippen molar-refractivity contribution in [1.29, 1.82) is 5.26 Å². The van der Waals surface area contributed by atoms with Gasteiger partial charge < -0.3 is 48.1 Å². The maximum atomic E-state index is 14.1. The van der Waals surface area contributed by atoms with Crippen LogP contribution in [-0.4, -0.2) is 123 Å². The highest BCUT2D eigenvalue weighted by Gasteiger charge is 2.58. The van der Waals surface area contributed by atoms with Crippen molar-refractivity contribution in [1.82, 2.24) is 10.2 Å². The van der Waals surface area contributed by atoms with Gasteiger partial charge in [-0.1, -0.05) is 20.8 Å². The Balaban J connectivity index is 2.19. The maximum Gasteiger partial charge on any atom is 0.509 e. The van der Waals surface area contributed by atoms with Crippen molar-refractivity contribution in [3.63, 3.8) is 0 Å².